The fraction of sp³-hybridized carbons (Fsp3) is 0.462. The molecule has 1 aliphatic heterocycles. The fourth-order valence-electron chi connectivity index (χ4n) is 2.08. The number of hydrogen-bond donors (Lipinski definition) is 1. The number of morpholine rings is 1. The first-order valence-corrected chi connectivity index (χ1v) is 5.86. The van der Waals surface area contributed by atoms with Crippen molar-refractivity contribution in [2.45, 2.75) is 19.4 Å². The van der Waals surface area contributed by atoms with Gasteiger partial charge in [0.05, 0.1) is 24.3 Å². The zero-order valence-electron chi connectivity index (χ0n) is 10.6. The van der Waals surface area contributed by atoms with Gasteiger partial charge in [-0.2, -0.15) is 0 Å². The molecule has 1 aliphatic rings. The number of carbonyl (C=O) groups excluding carboxylic acids is 1. The molecule has 0 aromatic heterocycles. The largest absolute Gasteiger partial charge is 0.399 e. The topological polar surface area (TPSA) is 55.6 Å². The third-order valence-corrected chi connectivity index (χ3v) is 3.11. The van der Waals surface area contributed by atoms with Gasteiger partial charge in [-0.3, -0.25) is 4.79 Å². The number of carbonyl (C=O) groups is 1. The molecule has 0 bridgehead atoms. The van der Waals surface area contributed by atoms with Crippen LogP contribution in [0.2, 0.25) is 0 Å². The highest BCUT2D eigenvalue weighted by Gasteiger charge is 2.35. The molecule has 5 heteroatoms. The number of benzene rings is 1. The van der Waals surface area contributed by atoms with E-state index in [4.69, 9.17) is 10.5 Å². The lowest BCUT2D eigenvalue weighted by Gasteiger charge is -2.42. The molecule has 2 rings (SSSR count). The number of amides is 1. The van der Waals surface area contributed by atoms with Gasteiger partial charge in [0.25, 0.3) is 5.91 Å². The molecule has 2 N–H and O–H groups in total. The molecule has 1 heterocycles. The Morgan fingerprint density at radius 1 is 1.50 bits per heavy atom. The standard InChI is InChI=1S/C13H17FN2O2/c1-13(2)8-18-6-5-16(13)12(17)10-4-3-9(15)7-11(10)14/h3-4,7H,5-6,8,15H2,1-2H3. The fourth-order valence-corrected chi connectivity index (χ4v) is 2.08. The van der Waals surface area contributed by atoms with E-state index in [-0.39, 0.29) is 11.5 Å². The first kappa shape index (κ1) is 12.8. The summed E-state index contributed by atoms with van der Waals surface area (Å²) >= 11 is 0. The van der Waals surface area contributed by atoms with Crippen LogP contribution in [0.3, 0.4) is 0 Å². The molecule has 0 saturated carbocycles. The summed E-state index contributed by atoms with van der Waals surface area (Å²) in [4.78, 5) is 14.0. The molecule has 1 fully saturated rings. The zero-order chi connectivity index (χ0) is 13.3. The zero-order valence-corrected chi connectivity index (χ0v) is 10.6. The highest BCUT2D eigenvalue weighted by molar-refractivity contribution is 5.95. The highest BCUT2D eigenvalue weighted by atomic mass is 19.1. The van der Waals surface area contributed by atoms with Crippen LogP contribution in [0.1, 0.15) is 24.2 Å². The minimum Gasteiger partial charge on any atom is -0.399 e. The molecule has 0 unspecified atom stereocenters. The normalized spacial score (nSPS) is 18.7. The Hall–Kier alpha value is -1.62. The summed E-state index contributed by atoms with van der Waals surface area (Å²) < 4.78 is 19.1. The summed E-state index contributed by atoms with van der Waals surface area (Å²) in [6, 6.07) is 4.13. The Bertz CT molecular complexity index is 474. The number of hydrogen-bond acceptors (Lipinski definition) is 3. The summed E-state index contributed by atoms with van der Waals surface area (Å²) in [6.07, 6.45) is 0. The van der Waals surface area contributed by atoms with E-state index in [0.717, 1.165) is 0 Å². The highest BCUT2D eigenvalue weighted by Crippen LogP contribution is 2.23. The van der Waals surface area contributed by atoms with E-state index in [1.54, 1.807) is 4.90 Å². The van der Waals surface area contributed by atoms with Crippen LogP contribution < -0.4 is 5.73 Å². The van der Waals surface area contributed by atoms with Crippen molar-refractivity contribution >= 4 is 11.6 Å². The van der Waals surface area contributed by atoms with Crippen LogP contribution in [-0.2, 0) is 4.74 Å². The molecule has 1 amide bonds. The van der Waals surface area contributed by atoms with Crippen molar-refractivity contribution in [3.05, 3.63) is 29.6 Å². The van der Waals surface area contributed by atoms with Crippen LogP contribution in [-0.4, -0.2) is 36.1 Å². The minimum absolute atomic E-state index is 0.0548. The Kier molecular flexibility index (Phi) is 3.26. The quantitative estimate of drug-likeness (QED) is 0.773. The van der Waals surface area contributed by atoms with Crippen molar-refractivity contribution in [1.82, 2.24) is 4.90 Å². The van der Waals surface area contributed by atoms with Gasteiger partial charge in [-0.1, -0.05) is 0 Å². The van der Waals surface area contributed by atoms with E-state index in [1.807, 2.05) is 13.8 Å². The van der Waals surface area contributed by atoms with Crippen LogP contribution in [0, 0.1) is 5.82 Å². The molecule has 0 radical (unpaired) electrons. The lowest BCUT2D eigenvalue weighted by Crippen LogP contribution is -2.55. The molecule has 18 heavy (non-hydrogen) atoms. The number of ether oxygens (including phenoxy) is 1. The summed E-state index contributed by atoms with van der Waals surface area (Å²) in [7, 11) is 0. The van der Waals surface area contributed by atoms with E-state index in [9.17, 15) is 9.18 Å². The molecule has 98 valence electrons. The number of anilines is 1. The van der Waals surface area contributed by atoms with Gasteiger partial charge in [-0.15, -0.1) is 0 Å². The van der Waals surface area contributed by atoms with Crippen LogP contribution in [0.25, 0.3) is 0 Å². The number of nitrogens with zero attached hydrogens (tertiary/aromatic N) is 1. The van der Waals surface area contributed by atoms with Crippen LogP contribution in [0.5, 0.6) is 0 Å². The van der Waals surface area contributed by atoms with Crippen LogP contribution in [0.15, 0.2) is 18.2 Å². The van der Waals surface area contributed by atoms with Gasteiger partial charge < -0.3 is 15.4 Å². The average molecular weight is 252 g/mol. The van der Waals surface area contributed by atoms with Gasteiger partial charge in [0, 0.05) is 12.2 Å². The SMILES string of the molecule is CC1(C)COCCN1C(=O)c1ccc(N)cc1F. The van der Waals surface area contributed by atoms with E-state index in [1.165, 1.54) is 18.2 Å². The Morgan fingerprint density at radius 3 is 2.83 bits per heavy atom. The molecular formula is C13H17FN2O2. The maximum Gasteiger partial charge on any atom is 0.257 e. The molecule has 4 nitrogen and oxygen atoms in total. The van der Waals surface area contributed by atoms with Crippen molar-refractivity contribution in [3.63, 3.8) is 0 Å². The van der Waals surface area contributed by atoms with Gasteiger partial charge in [-0.25, -0.2) is 4.39 Å². The molecule has 1 aromatic carbocycles. The molecule has 1 aromatic rings. The molecule has 0 spiro atoms. The smallest absolute Gasteiger partial charge is 0.257 e. The second kappa shape index (κ2) is 4.57. The summed E-state index contributed by atoms with van der Waals surface area (Å²) in [5.41, 5.74) is 5.41. The van der Waals surface area contributed by atoms with E-state index < -0.39 is 11.4 Å². The molecule has 1 saturated heterocycles. The Morgan fingerprint density at radius 2 is 2.22 bits per heavy atom. The monoisotopic (exact) mass is 252 g/mol. The van der Waals surface area contributed by atoms with Gasteiger partial charge >= 0.3 is 0 Å². The van der Waals surface area contributed by atoms with E-state index >= 15 is 0 Å². The predicted octanol–water partition coefficient (Wildman–Crippen LogP) is 1.66. The maximum atomic E-state index is 13.7. The van der Waals surface area contributed by atoms with Crippen molar-refractivity contribution in [1.29, 1.82) is 0 Å². The second-order valence-corrected chi connectivity index (χ2v) is 5.06. The Balaban J connectivity index is 2.30. The lowest BCUT2D eigenvalue weighted by molar-refractivity contribution is -0.0372. The molecule has 0 atom stereocenters. The number of halogens is 1. The first-order valence-electron chi connectivity index (χ1n) is 5.86. The van der Waals surface area contributed by atoms with Gasteiger partial charge in [0.15, 0.2) is 0 Å². The van der Waals surface area contributed by atoms with Crippen molar-refractivity contribution in [3.8, 4) is 0 Å². The minimum atomic E-state index is -0.581. The molecular weight excluding hydrogens is 235 g/mol. The lowest BCUT2D eigenvalue weighted by atomic mass is 10.0. The van der Waals surface area contributed by atoms with Gasteiger partial charge in [0.1, 0.15) is 5.82 Å². The van der Waals surface area contributed by atoms with E-state index in [0.29, 0.717) is 25.4 Å². The number of nitrogen functional groups attached to an aromatic ring is 1. The Labute approximate surface area is 106 Å². The first-order chi connectivity index (χ1) is 8.42. The molecule has 0 aliphatic carbocycles. The van der Waals surface area contributed by atoms with Crippen molar-refractivity contribution in [2.24, 2.45) is 0 Å². The van der Waals surface area contributed by atoms with Crippen LogP contribution in [0.4, 0.5) is 10.1 Å². The van der Waals surface area contributed by atoms with Crippen LogP contribution >= 0.6 is 0 Å². The van der Waals surface area contributed by atoms with E-state index in [2.05, 4.69) is 0 Å². The number of nitrogens with two attached hydrogens (primary N) is 1. The average Bonchev–Trinajstić information content (AvgIpc) is 2.27. The maximum absolute atomic E-state index is 13.7. The summed E-state index contributed by atoms with van der Waals surface area (Å²) in [6.45, 7) is 5.20. The second-order valence-electron chi connectivity index (χ2n) is 5.06. The van der Waals surface area contributed by atoms with Crippen molar-refractivity contribution in [2.75, 3.05) is 25.5 Å². The third-order valence-electron chi connectivity index (χ3n) is 3.11. The third kappa shape index (κ3) is 2.31. The summed E-state index contributed by atoms with van der Waals surface area (Å²) in [5.74, 6) is -0.900. The van der Waals surface area contributed by atoms with Crippen molar-refractivity contribution < 1.29 is 13.9 Å². The predicted molar refractivity (Wildman–Crippen MR) is 66.7 cm³/mol. The van der Waals surface area contributed by atoms with Gasteiger partial charge in [0.2, 0.25) is 0 Å². The number of rotatable bonds is 1. The summed E-state index contributed by atoms with van der Waals surface area (Å²) in [5, 5.41) is 0. The van der Waals surface area contributed by atoms with Gasteiger partial charge in [-0.05, 0) is 32.0 Å².